The summed E-state index contributed by atoms with van der Waals surface area (Å²) in [5.74, 6) is 1.04. The van der Waals surface area contributed by atoms with Gasteiger partial charge in [0.2, 0.25) is 0 Å². The van der Waals surface area contributed by atoms with Crippen LogP contribution in [0.1, 0.15) is 27.9 Å². The summed E-state index contributed by atoms with van der Waals surface area (Å²) in [6.07, 6.45) is 0.847. The van der Waals surface area contributed by atoms with Crippen LogP contribution in [0.25, 0.3) is 10.2 Å². The smallest absolute Gasteiger partial charge is 0.260 e. The van der Waals surface area contributed by atoms with Crippen molar-refractivity contribution in [1.29, 1.82) is 0 Å². The summed E-state index contributed by atoms with van der Waals surface area (Å²) >= 11 is 1.55. The van der Waals surface area contributed by atoms with Crippen LogP contribution in [0, 0.1) is 13.8 Å². The highest BCUT2D eigenvalue weighted by Crippen LogP contribution is 2.33. The number of amides is 1. The molecule has 168 valence electrons. The molecule has 1 amide bonds. The molecule has 0 aliphatic rings. The van der Waals surface area contributed by atoms with Gasteiger partial charge in [-0.25, -0.2) is 4.98 Å². The maximum absolute atomic E-state index is 13.5. The van der Waals surface area contributed by atoms with E-state index in [1.165, 1.54) is 11.1 Å². The van der Waals surface area contributed by atoms with Crippen molar-refractivity contribution in [2.45, 2.75) is 20.3 Å². The summed E-state index contributed by atoms with van der Waals surface area (Å²) in [4.78, 5) is 22.2. The molecule has 3 aromatic rings. The van der Waals surface area contributed by atoms with E-state index in [1.54, 1.807) is 48.7 Å². The molecule has 0 radical (unpaired) electrons. The molecule has 0 aliphatic carbocycles. The van der Waals surface area contributed by atoms with Gasteiger partial charge in [-0.2, -0.15) is 0 Å². The minimum absolute atomic E-state index is 0. The second-order valence-electron chi connectivity index (χ2n) is 7.58. The number of benzene rings is 2. The standard InChI is InChI=1S/C23H29N3O3S.ClH/c1-15-12-18-21(13-16(15)2)30-23(24-18)26(11-7-10-25(3)4)22(27)17-8-9-19(28-5)20(14-17)29-6;/h8-9,12-14H,7,10-11H2,1-6H3;1H. The molecule has 8 heteroatoms. The van der Waals surface area contributed by atoms with Gasteiger partial charge >= 0.3 is 0 Å². The van der Waals surface area contributed by atoms with Crippen LogP contribution in [0.2, 0.25) is 0 Å². The fourth-order valence-electron chi connectivity index (χ4n) is 3.24. The van der Waals surface area contributed by atoms with Crippen LogP contribution in [0.4, 0.5) is 5.13 Å². The molecule has 0 atom stereocenters. The van der Waals surface area contributed by atoms with Gasteiger partial charge in [-0.05, 0) is 82.4 Å². The lowest BCUT2D eigenvalue weighted by Crippen LogP contribution is -2.33. The van der Waals surface area contributed by atoms with Gasteiger partial charge in [0.05, 0.1) is 24.4 Å². The number of ether oxygens (including phenoxy) is 2. The van der Waals surface area contributed by atoms with E-state index in [9.17, 15) is 4.79 Å². The molecule has 0 unspecified atom stereocenters. The van der Waals surface area contributed by atoms with Gasteiger partial charge in [0.1, 0.15) is 0 Å². The minimum Gasteiger partial charge on any atom is -0.493 e. The zero-order valence-corrected chi connectivity index (χ0v) is 20.5. The number of aryl methyl sites for hydroxylation is 2. The maximum Gasteiger partial charge on any atom is 0.260 e. The maximum atomic E-state index is 13.5. The molecule has 6 nitrogen and oxygen atoms in total. The molecule has 0 saturated heterocycles. The molecule has 2 aromatic carbocycles. The van der Waals surface area contributed by atoms with Crippen LogP contribution in [0.5, 0.6) is 11.5 Å². The molecule has 3 rings (SSSR count). The van der Waals surface area contributed by atoms with Gasteiger partial charge in [0.15, 0.2) is 16.6 Å². The summed E-state index contributed by atoms with van der Waals surface area (Å²) in [6, 6.07) is 9.48. The third kappa shape index (κ3) is 5.67. The largest absolute Gasteiger partial charge is 0.493 e. The third-order valence-electron chi connectivity index (χ3n) is 5.09. The van der Waals surface area contributed by atoms with E-state index in [-0.39, 0.29) is 18.3 Å². The second kappa shape index (κ2) is 10.8. The molecule has 0 aliphatic heterocycles. The lowest BCUT2D eigenvalue weighted by Gasteiger charge is -2.21. The summed E-state index contributed by atoms with van der Waals surface area (Å²) in [5, 5.41) is 0.716. The van der Waals surface area contributed by atoms with Crippen molar-refractivity contribution in [2.75, 3.05) is 46.3 Å². The Hall–Kier alpha value is -2.35. The summed E-state index contributed by atoms with van der Waals surface area (Å²) in [6.45, 7) is 5.65. The highest BCUT2D eigenvalue weighted by molar-refractivity contribution is 7.22. The van der Waals surface area contributed by atoms with Crippen molar-refractivity contribution in [3.8, 4) is 11.5 Å². The van der Waals surface area contributed by atoms with Gasteiger partial charge in [-0.15, -0.1) is 12.4 Å². The number of anilines is 1. The first-order valence-corrected chi connectivity index (χ1v) is 10.7. The molecule has 0 spiro atoms. The Balaban J connectivity index is 0.00000341. The van der Waals surface area contributed by atoms with E-state index in [0.29, 0.717) is 28.7 Å². The van der Waals surface area contributed by atoms with Gasteiger partial charge in [0.25, 0.3) is 5.91 Å². The zero-order chi connectivity index (χ0) is 21.8. The van der Waals surface area contributed by atoms with E-state index < -0.39 is 0 Å². The summed E-state index contributed by atoms with van der Waals surface area (Å²) in [7, 11) is 7.21. The van der Waals surface area contributed by atoms with Crippen LogP contribution in [-0.4, -0.2) is 57.2 Å². The highest BCUT2D eigenvalue weighted by atomic mass is 35.5. The van der Waals surface area contributed by atoms with Gasteiger partial charge in [-0.3, -0.25) is 9.69 Å². The normalized spacial score (nSPS) is 10.8. The fourth-order valence-corrected chi connectivity index (χ4v) is 4.31. The molecule has 0 fully saturated rings. The summed E-state index contributed by atoms with van der Waals surface area (Å²) in [5.41, 5.74) is 3.90. The van der Waals surface area contributed by atoms with Crippen LogP contribution in [0.3, 0.4) is 0 Å². The number of halogens is 1. The average Bonchev–Trinajstić information content (AvgIpc) is 3.12. The van der Waals surface area contributed by atoms with Crippen molar-refractivity contribution in [3.05, 3.63) is 47.0 Å². The van der Waals surface area contributed by atoms with Crippen LogP contribution < -0.4 is 14.4 Å². The third-order valence-corrected chi connectivity index (χ3v) is 6.13. The van der Waals surface area contributed by atoms with Crippen molar-refractivity contribution in [2.24, 2.45) is 0 Å². The molecule has 1 aromatic heterocycles. The van der Waals surface area contributed by atoms with Crippen LogP contribution in [-0.2, 0) is 0 Å². The van der Waals surface area contributed by atoms with Crippen molar-refractivity contribution < 1.29 is 14.3 Å². The fraction of sp³-hybridized carbons (Fsp3) is 0.391. The van der Waals surface area contributed by atoms with E-state index in [4.69, 9.17) is 14.5 Å². The Morgan fingerprint density at radius 1 is 1.00 bits per heavy atom. The number of carbonyl (C=O) groups excluding carboxylic acids is 1. The Kier molecular flexibility index (Phi) is 8.68. The Bertz CT molecular complexity index is 1010. The van der Waals surface area contributed by atoms with Crippen LogP contribution in [0.15, 0.2) is 30.3 Å². The predicted octanol–water partition coefficient (Wildman–Crippen LogP) is 4.95. The first-order valence-electron chi connectivity index (χ1n) is 9.90. The van der Waals surface area contributed by atoms with E-state index in [2.05, 4.69) is 30.9 Å². The molecule has 0 saturated carbocycles. The average molecular weight is 464 g/mol. The predicted molar refractivity (Wildman–Crippen MR) is 131 cm³/mol. The van der Waals surface area contributed by atoms with Crippen molar-refractivity contribution in [3.63, 3.8) is 0 Å². The van der Waals surface area contributed by atoms with E-state index >= 15 is 0 Å². The lowest BCUT2D eigenvalue weighted by molar-refractivity contribution is 0.0985. The van der Waals surface area contributed by atoms with Gasteiger partial charge < -0.3 is 14.4 Å². The number of hydrogen-bond donors (Lipinski definition) is 0. The monoisotopic (exact) mass is 463 g/mol. The molecular weight excluding hydrogens is 434 g/mol. The Labute approximate surface area is 194 Å². The number of carbonyl (C=O) groups is 1. The zero-order valence-electron chi connectivity index (χ0n) is 18.9. The minimum atomic E-state index is -0.0952. The molecule has 31 heavy (non-hydrogen) atoms. The molecule has 0 N–H and O–H groups in total. The number of nitrogens with zero attached hydrogens (tertiary/aromatic N) is 3. The molecule has 1 heterocycles. The van der Waals surface area contributed by atoms with Crippen molar-refractivity contribution in [1.82, 2.24) is 9.88 Å². The first-order chi connectivity index (χ1) is 14.3. The number of methoxy groups -OCH3 is 2. The summed E-state index contributed by atoms with van der Waals surface area (Å²) < 4.78 is 11.8. The van der Waals surface area contributed by atoms with Gasteiger partial charge in [-0.1, -0.05) is 11.3 Å². The van der Waals surface area contributed by atoms with Gasteiger partial charge in [0, 0.05) is 12.1 Å². The van der Waals surface area contributed by atoms with E-state index in [1.807, 2.05) is 14.1 Å². The first kappa shape index (κ1) is 24.9. The Morgan fingerprint density at radius 2 is 1.68 bits per heavy atom. The topological polar surface area (TPSA) is 54.9 Å². The quantitative estimate of drug-likeness (QED) is 0.473. The number of fused-ring (bicyclic) bond motifs is 1. The van der Waals surface area contributed by atoms with E-state index in [0.717, 1.165) is 23.2 Å². The number of aromatic nitrogens is 1. The highest BCUT2D eigenvalue weighted by Gasteiger charge is 2.22. The number of thiazole rings is 1. The number of rotatable bonds is 8. The SMILES string of the molecule is COc1ccc(C(=O)N(CCCN(C)C)c2nc3cc(C)c(C)cc3s2)cc1OC.Cl. The van der Waals surface area contributed by atoms with Crippen molar-refractivity contribution >= 4 is 45.0 Å². The second-order valence-corrected chi connectivity index (χ2v) is 8.59. The van der Waals surface area contributed by atoms with Crippen LogP contribution >= 0.6 is 23.7 Å². The molecular formula is C23H30ClN3O3S. The number of hydrogen-bond acceptors (Lipinski definition) is 6. The Morgan fingerprint density at radius 3 is 2.32 bits per heavy atom. The lowest BCUT2D eigenvalue weighted by atomic mass is 10.1. The molecule has 0 bridgehead atoms.